The minimum absolute atomic E-state index is 0.0439. The molecule has 2 aromatic rings. The zero-order valence-corrected chi connectivity index (χ0v) is 10.3. The number of hydrogen-bond donors (Lipinski definition) is 1. The molecule has 0 atom stereocenters. The first kappa shape index (κ1) is 12.9. The van der Waals surface area contributed by atoms with E-state index in [-0.39, 0.29) is 17.2 Å². The summed E-state index contributed by atoms with van der Waals surface area (Å²) in [6.45, 7) is 0.808. The molecule has 4 nitrogen and oxygen atoms in total. The van der Waals surface area contributed by atoms with Crippen LogP contribution in [0.4, 0.5) is 19.0 Å². The SMILES string of the molecule is Nc1nc(-c2cc(F)c(F)c(F)c2)nc2c1COCC2. The number of fused-ring (bicyclic) bond motifs is 1. The molecule has 0 radical (unpaired) electrons. The summed E-state index contributed by atoms with van der Waals surface area (Å²) in [6.07, 6.45) is 0.543. The maximum absolute atomic E-state index is 13.2. The molecule has 7 heteroatoms. The van der Waals surface area contributed by atoms with Gasteiger partial charge in [-0.05, 0) is 12.1 Å². The van der Waals surface area contributed by atoms with Gasteiger partial charge >= 0.3 is 0 Å². The molecule has 2 N–H and O–H groups in total. The fourth-order valence-corrected chi connectivity index (χ4v) is 2.07. The summed E-state index contributed by atoms with van der Waals surface area (Å²) in [5, 5.41) is 0. The van der Waals surface area contributed by atoms with E-state index in [1.807, 2.05) is 0 Å². The lowest BCUT2D eigenvalue weighted by molar-refractivity contribution is 0.109. The highest BCUT2D eigenvalue weighted by atomic mass is 19.2. The van der Waals surface area contributed by atoms with Crippen LogP contribution in [0.1, 0.15) is 11.3 Å². The Bertz CT molecular complexity index is 668. The summed E-state index contributed by atoms with van der Waals surface area (Å²) in [4.78, 5) is 8.23. The lowest BCUT2D eigenvalue weighted by atomic mass is 10.1. The predicted molar refractivity (Wildman–Crippen MR) is 65.1 cm³/mol. The molecule has 1 aromatic heterocycles. The molecule has 1 aliphatic rings. The molecule has 0 fully saturated rings. The number of halogens is 3. The topological polar surface area (TPSA) is 61.0 Å². The molecule has 0 aliphatic carbocycles. The van der Waals surface area contributed by atoms with Crippen molar-refractivity contribution in [3.05, 3.63) is 40.8 Å². The molecule has 0 saturated heterocycles. The molecule has 1 aliphatic heterocycles. The summed E-state index contributed by atoms with van der Waals surface area (Å²) in [6, 6.07) is 1.69. The van der Waals surface area contributed by atoms with Gasteiger partial charge in [0.1, 0.15) is 5.82 Å². The quantitative estimate of drug-likeness (QED) is 0.814. The molecule has 0 spiro atoms. The van der Waals surface area contributed by atoms with Crippen molar-refractivity contribution in [2.45, 2.75) is 13.0 Å². The zero-order valence-electron chi connectivity index (χ0n) is 10.3. The lowest BCUT2D eigenvalue weighted by Gasteiger charge is -2.17. The summed E-state index contributed by atoms with van der Waals surface area (Å²) < 4.78 is 44.7. The normalized spacial score (nSPS) is 14.2. The second kappa shape index (κ2) is 4.75. The van der Waals surface area contributed by atoms with Gasteiger partial charge in [-0.15, -0.1) is 0 Å². The fourth-order valence-electron chi connectivity index (χ4n) is 2.07. The summed E-state index contributed by atoms with van der Waals surface area (Å²) in [7, 11) is 0. The van der Waals surface area contributed by atoms with Crippen LogP contribution in [-0.2, 0) is 17.8 Å². The molecule has 0 unspecified atom stereocenters. The Labute approximate surface area is 112 Å². The van der Waals surface area contributed by atoms with Gasteiger partial charge < -0.3 is 10.5 Å². The number of hydrogen-bond acceptors (Lipinski definition) is 4. The molecular formula is C13H10F3N3O. The minimum atomic E-state index is -1.52. The maximum Gasteiger partial charge on any atom is 0.194 e. The number of ether oxygens (including phenoxy) is 1. The lowest BCUT2D eigenvalue weighted by Crippen LogP contribution is -2.16. The highest BCUT2D eigenvalue weighted by molar-refractivity contribution is 5.59. The third-order valence-electron chi connectivity index (χ3n) is 3.10. The van der Waals surface area contributed by atoms with Gasteiger partial charge in [0.15, 0.2) is 23.3 Å². The number of nitrogen functional groups attached to an aromatic ring is 1. The van der Waals surface area contributed by atoms with Crippen LogP contribution in [0.2, 0.25) is 0 Å². The van der Waals surface area contributed by atoms with Gasteiger partial charge in [0.25, 0.3) is 0 Å². The van der Waals surface area contributed by atoms with Crippen LogP contribution in [0.5, 0.6) is 0 Å². The monoisotopic (exact) mass is 281 g/mol. The Morgan fingerprint density at radius 2 is 1.80 bits per heavy atom. The molecule has 3 rings (SSSR count). The van der Waals surface area contributed by atoms with Gasteiger partial charge in [0.2, 0.25) is 0 Å². The highest BCUT2D eigenvalue weighted by Crippen LogP contribution is 2.26. The van der Waals surface area contributed by atoms with E-state index < -0.39 is 17.5 Å². The van der Waals surface area contributed by atoms with Crippen molar-refractivity contribution < 1.29 is 17.9 Å². The largest absolute Gasteiger partial charge is 0.383 e. The van der Waals surface area contributed by atoms with E-state index in [9.17, 15) is 13.2 Å². The second-order valence-electron chi connectivity index (χ2n) is 4.41. The van der Waals surface area contributed by atoms with E-state index in [1.54, 1.807) is 0 Å². The van der Waals surface area contributed by atoms with Gasteiger partial charge in [-0.2, -0.15) is 0 Å². The second-order valence-corrected chi connectivity index (χ2v) is 4.41. The molecular weight excluding hydrogens is 271 g/mol. The smallest absolute Gasteiger partial charge is 0.194 e. The first-order valence-electron chi connectivity index (χ1n) is 5.94. The Morgan fingerprint density at radius 3 is 2.50 bits per heavy atom. The number of anilines is 1. The predicted octanol–water partition coefficient (Wildman–Crippen LogP) is 2.22. The maximum atomic E-state index is 13.2. The fraction of sp³-hybridized carbons (Fsp3) is 0.231. The van der Waals surface area contributed by atoms with Crippen molar-refractivity contribution in [1.29, 1.82) is 0 Å². The Kier molecular flexibility index (Phi) is 3.06. The van der Waals surface area contributed by atoms with Crippen LogP contribution in [0.15, 0.2) is 12.1 Å². The van der Waals surface area contributed by atoms with E-state index in [2.05, 4.69) is 9.97 Å². The first-order chi connectivity index (χ1) is 9.56. The highest BCUT2D eigenvalue weighted by Gasteiger charge is 2.19. The van der Waals surface area contributed by atoms with Gasteiger partial charge in [-0.1, -0.05) is 0 Å². The van der Waals surface area contributed by atoms with Crippen LogP contribution in [0, 0.1) is 17.5 Å². The van der Waals surface area contributed by atoms with E-state index in [0.717, 1.165) is 12.1 Å². The van der Waals surface area contributed by atoms with E-state index in [0.29, 0.717) is 30.9 Å². The molecule has 0 amide bonds. The zero-order chi connectivity index (χ0) is 14.3. The number of benzene rings is 1. The molecule has 104 valence electrons. The van der Waals surface area contributed by atoms with Crippen LogP contribution >= 0.6 is 0 Å². The Hall–Kier alpha value is -2.15. The number of nitrogens with two attached hydrogens (primary N) is 1. The van der Waals surface area contributed by atoms with Crippen molar-refractivity contribution in [2.24, 2.45) is 0 Å². The van der Waals surface area contributed by atoms with E-state index in [4.69, 9.17) is 10.5 Å². The van der Waals surface area contributed by atoms with E-state index >= 15 is 0 Å². The van der Waals surface area contributed by atoms with Crippen molar-refractivity contribution in [2.75, 3.05) is 12.3 Å². The van der Waals surface area contributed by atoms with Crippen LogP contribution in [-0.4, -0.2) is 16.6 Å². The van der Waals surface area contributed by atoms with Crippen LogP contribution in [0.3, 0.4) is 0 Å². The summed E-state index contributed by atoms with van der Waals surface area (Å²) in [5.74, 6) is -3.82. The molecule has 1 aromatic carbocycles. The number of rotatable bonds is 1. The molecule has 20 heavy (non-hydrogen) atoms. The average Bonchev–Trinajstić information content (AvgIpc) is 2.44. The summed E-state index contributed by atoms with van der Waals surface area (Å²) >= 11 is 0. The third kappa shape index (κ3) is 2.09. The van der Waals surface area contributed by atoms with Crippen molar-refractivity contribution in [3.63, 3.8) is 0 Å². The van der Waals surface area contributed by atoms with Crippen LogP contribution in [0.25, 0.3) is 11.4 Å². The van der Waals surface area contributed by atoms with Crippen molar-refractivity contribution in [1.82, 2.24) is 9.97 Å². The number of nitrogens with zero attached hydrogens (tertiary/aromatic N) is 2. The van der Waals surface area contributed by atoms with Crippen molar-refractivity contribution in [3.8, 4) is 11.4 Å². The van der Waals surface area contributed by atoms with E-state index in [1.165, 1.54) is 0 Å². The Morgan fingerprint density at radius 1 is 1.10 bits per heavy atom. The van der Waals surface area contributed by atoms with Gasteiger partial charge in [-0.25, -0.2) is 23.1 Å². The molecule has 2 heterocycles. The molecule has 0 saturated carbocycles. The van der Waals surface area contributed by atoms with Gasteiger partial charge in [0.05, 0.1) is 18.9 Å². The van der Waals surface area contributed by atoms with Crippen molar-refractivity contribution >= 4 is 5.82 Å². The Balaban J connectivity index is 2.13. The third-order valence-corrected chi connectivity index (χ3v) is 3.10. The van der Waals surface area contributed by atoms with Gasteiger partial charge in [-0.3, -0.25) is 0 Å². The van der Waals surface area contributed by atoms with Crippen LogP contribution < -0.4 is 5.73 Å². The average molecular weight is 281 g/mol. The van der Waals surface area contributed by atoms with Gasteiger partial charge in [0, 0.05) is 17.5 Å². The first-order valence-corrected chi connectivity index (χ1v) is 5.94. The minimum Gasteiger partial charge on any atom is -0.383 e. The summed E-state index contributed by atoms with van der Waals surface area (Å²) in [5.41, 5.74) is 7.20. The standard InChI is InChI=1S/C13H10F3N3O/c14-8-3-6(4-9(15)11(8)16)13-18-10-1-2-20-5-7(10)12(17)19-13/h3-4H,1-2,5H2,(H2,17,18,19). The molecule has 0 bridgehead atoms. The number of aromatic nitrogens is 2.